The van der Waals surface area contributed by atoms with E-state index in [1.807, 2.05) is 55.7 Å². The lowest BCUT2D eigenvalue weighted by Crippen LogP contribution is -1.93. The quantitative estimate of drug-likeness (QED) is 0.624. The molecule has 0 spiro atoms. The Morgan fingerprint density at radius 3 is 2.61 bits per heavy atom. The first kappa shape index (κ1) is 13.5. The molecular weight excluding hydrogens is 286 g/mol. The van der Waals surface area contributed by atoms with E-state index in [4.69, 9.17) is 0 Å². The fourth-order valence-corrected chi connectivity index (χ4v) is 2.48. The fourth-order valence-electron chi connectivity index (χ4n) is 2.48. The third-order valence-electron chi connectivity index (χ3n) is 3.61. The van der Waals surface area contributed by atoms with Crippen LogP contribution in [0.3, 0.4) is 0 Å². The summed E-state index contributed by atoms with van der Waals surface area (Å²) in [6.07, 6.45) is 3.71. The van der Waals surface area contributed by atoms with Crippen LogP contribution in [0.4, 0.5) is 11.6 Å². The lowest BCUT2D eigenvalue weighted by molar-refractivity contribution is 0.965. The Balaban J connectivity index is 1.58. The largest absolute Gasteiger partial charge is 0.323 e. The van der Waals surface area contributed by atoms with Crippen molar-refractivity contribution in [2.45, 2.75) is 6.92 Å². The molecule has 0 aliphatic carbocycles. The molecule has 1 N–H and O–H groups in total. The maximum Gasteiger partial charge on any atom is 0.247 e. The van der Waals surface area contributed by atoms with Crippen molar-refractivity contribution in [2.24, 2.45) is 0 Å². The van der Waals surface area contributed by atoms with Gasteiger partial charge in [-0.2, -0.15) is 4.98 Å². The van der Waals surface area contributed by atoms with E-state index in [0.29, 0.717) is 5.95 Å². The fraction of sp³-hybridized carbons (Fsp3) is 0.0556. The summed E-state index contributed by atoms with van der Waals surface area (Å²) in [7, 11) is 0. The van der Waals surface area contributed by atoms with Gasteiger partial charge in [0.05, 0.1) is 0 Å². The molecule has 5 nitrogen and oxygen atoms in total. The van der Waals surface area contributed by atoms with Crippen LogP contribution in [0.5, 0.6) is 0 Å². The SMILES string of the molecule is Cc1cc(-c2ccc(Nc3nc4ccccn4n3)cc2)ccn1. The van der Waals surface area contributed by atoms with Crippen molar-refractivity contribution in [2.75, 3.05) is 5.32 Å². The molecule has 112 valence electrons. The van der Waals surface area contributed by atoms with Gasteiger partial charge in [0.15, 0.2) is 5.65 Å². The van der Waals surface area contributed by atoms with Crippen LogP contribution in [-0.4, -0.2) is 19.6 Å². The number of aromatic nitrogens is 4. The summed E-state index contributed by atoms with van der Waals surface area (Å²) in [6.45, 7) is 1.99. The van der Waals surface area contributed by atoms with Crippen LogP contribution in [0, 0.1) is 6.92 Å². The zero-order valence-electron chi connectivity index (χ0n) is 12.6. The average Bonchev–Trinajstić information content (AvgIpc) is 2.98. The van der Waals surface area contributed by atoms with Crippen molar-refractivity contribution in [3.8, 4) is 11.1 Å². The summed E-state index contributed by atoms with van der Waals surface area (Å²) in [6, 6.07) is 18.1. The monoisotopic (exact) mass is 301 g/mol. The Bertz CT molecular complexity index is 923. The van der Waals surface area contributed by atoms with Gasteiger partial charge in [-0.1, -0.05) is 18.2 Å². The second-order valence-corrected chi connectivity index (χ2v) is 5.33. The minimum Gasteiger partial charge on any atom is -0.323 e. The number of rotatable bonds is 3. The second-order valence-electron chi connectivity index (χ2n) is 5.33. The molecule has 0 saturated heterocycles. The Labute approximate surface area is 133 Å². The molecule has 0 radical (unpaired) electrons. The van der Waals surface area contributed by atoms with Crippen molar-refractivity contribution in [1.29, 1.82) is 0 Å². The molecular formula is C18H15N5. The number of pyridine rings is 2. The molecule has 0 amide bonds. The molecule has 0 aliphatic rings. The number of aryl methyl sites for hydroxylation is 1. The van der Waals surface area contributed by atoms with Gasteiger partial charge < -0.3 is 5.32 Å². The van der Waals surface area contributed by atoms with Crippen LogP contribution in [0.1, 0.15) is 5.69 Å². The zero-order chi connectivity index (χ0) is 15.6. The minimum absolute atomic E-state index is 0.587. The molecule has 0 aliphatic heterocycles. The molecule has 5 heteroatoms. The first-order chi connectivity index (χ1) is 11.3. The molecule has 0 bridgehead atoms. The van der Waals surface area contributed by atoms with Crippen LogP contribution >= 0.6 is 0 Å². The van der Waals surface area contributed by atoms with E-state index in [-0.39, 0.29) is 0 Å². The van der Waals surface area contributed by atoms with Crippen molar-refractivity contribution in [3.05, 3.63) is 72.7 Å². The van der Waals surface area contributed by atoms with Gasteiger partial charge in [-0.25, -0.2) is 4.52 Å². The van der Waals surface area contributed by atoms with Gasteiger partial charge in [0.25, 0.3) is 0 Å². The van der Waals surface area contributed by atoms with E-state index in [2.05, 4.69) is 38.6 Å². The zero-order valence-corrected chi connectivity index (χ0v) is 12.6. The third kappa shape index (κ3) is 2.76. The van der Waals surface area contributed by atoms with Gasteiger partial charge in [0, 0.05) is 23.8 Å². The maximum atomic E-state index is 4.43. The molecule has 4 rings (SSSR count). The standard InChI is InChI=1S/C18H15N5/c1-13-12-15(9-10-19-13)14-5-7-16(8-6-14)20-18-21-17-4-2-3-11-23(17)22-18/h2-12H,1H3,(H,20,22). The molecule has 1 aromatic carbocycles. The van der Waals surface area contributed by atoms with E-state index in [1.165, 1.54) is 0 Å². The second kappa shape index (κ2) is 5.53. The van der Waals surface area contributed by atoms with Crippen LogP contribution in [0.2, 0.25) is 0 Å². The van der Waals surface area contributed by atoms with Gasteiger partial charge in [0.1, 0.15) is 0 Å². The lowest BCUT2D eigenvalue weighted by Gasteiger charge is -2.05. The normalized spacial score (nSPS) is 10.8. The topological polar surface area (TPSA) is 55.1 Å². The van der Waals surface area contributed by atoms with Gasteiger partial charge in [0.2, 0.25) is 5.95 Å². The number of fused-ring (bicyclic) bond motifs is 1. The Morgan fingerprint density at radius 2 is 1.83 bits per heavy atom. The minimum atomic E-state index is 0.587. The summed E-state index contributed by atoms with van der Waals surface area (Å²) < 4.78 is 1.75. The first-order valence-corrected chi connectivity index (χ1v) is 7.39. The third-order valence-corrected chi connectivity index (χ3v) is 3.61. The van der Waals surface area contributed by atoms with Crippen LogP contribution in [-0.2, 0) is 0 Å². The molecule has 3 aromatic heterocycles. The van der Waals surface area contributed by atoms with E-state index < -0.39 is 0 Å². The molecule has 0 saturated carbocycles. The summed E-state index contributed by atoms with van der Waals surface area (Å²) in [5, 5.41) is 7.61. The van der Waals surface area contributed by atoms with E-state index in [0.717, 1.165) is 28.2 Å². The first-order valence-electron chi connectivity index (χ1n) is 7.39. The highest BCUT2D eigenvalue weighted by Crippen LogP contribution is 2.22. The van der Waals surface area contributed by atoms with Crippen molar-refractivity contribution in [3.63, 3.8) is 0 Å². The van der Waals surface area contributed by atoms with Crippen molar-refractivity contribution < 1.29 is 0 Å². The van der Waals surface area contributed by atoms with Crippen LogP contribution < -0.4 is 5.32 Å². The van der Waals surface area contributed by atoms with E-state index >= 15 is 0 Å². The highest BCUT2D eigenvalue weighted by molar-refractivity contribution is 5.67. The number of nitrogens with zero attached hydrogens (tertiary/aromatic N) is 4. The number of hydrogen-bond donors (Lipinski definition) is 1. The molecule has 0 fully saturated rings. The lowest BCUT2D eigenvalue weighted by atomic mass is 10.1. The molecule has 3 heterocycles. The Hall–Kier alpha value is -3.21. The van der Waals surface area contributed by atoms with Crippen LogP contribution in [0.15, 0.2) is 67.0 Å². The predicted molar refractivity (Wildman–Crippen MR) is 90.7 cm³/mol. The van der Waals surface area contributed by atoms with Crippen LogP contribution in [0.25, 0.3) is 16.8 Å². The highest BCUT2D eigenvalue weighted by atomic mass is 15.3. The summed E-state index contributed by atoms with van der Waals surface area (Å²) in [5.74, 6) is 0.587. The van der Waals surface area contributed by atoms with Gasteiger partial charge >= 0.3 is 0 Å². The average molecular weight is 301 g/mol. The van der Waals surface area contributed by atoms with Gasteiger partial charge in [-0.15, -0.1) is 5.10 Å². The number of nitrogens with one attached hydrogen (secondary N) is 1. The van der Waals surface area contributed by atoms with E-state index in [1.54, 1.807) is 4.52 Å². The molecule has 23 heavy (non-hydrogen) atoms. The maximum absolute atomic E-state index is 4.43. The molecule has 0 unspecified atom stereocenters. The number of benzene rings is 1. The molecule has 4 aromatic rings. The van der Waals surface area contributed by atoms with Crippen molar-refractivity contribution >= 4 is 17.3 Å². The Morgan fingerprint density at radius 1 is 0.957 bits per heavy atom. The predicted octanol–water partition coefficient (Wildman–Crippen LogP) is 3.84. The highest BCUT2D eigenvalue weighted by Gasteiger charge is 2.04. The molecule has 0 atom stereocenters. The summed E-state index contributed by atoms with van der Waals surface area (Å²) in [4.78, 5) is 8.66. The summed E-state index contributed by atoms with van der Waals surface area (Å²) >= 11 is 0. The Kier molecular flexibility index (Phi) is 3.24. The number of anilines is 2. The van der Waals surface area contributed by atoms with E-state index in [9.17, 15) is 0 Å². The van der Waals surface area contributed by atoms with Gasteiger partial charge in [-0.05, 0) is 54.4 Å². The van der Waals surface area contributed by atoms with Crippen molar-refractivity contribution in [1.82, 2.24) is 19.6 Å². The number of hydrogen-bond acceptors (Lipinski definition) is 4. The summed E-state index contributed by atoms with van der Waals surface area (Å²) in [5.41, 5.74) is 5.10. The smallest absolute Gasteiger partial charge is 0.247 e. The van der Waals surface area contributed by atoms with Gasteiger partial charge in [-0.3, -0.25) is 4.98 Å².